The number of nitrogens with two attached hydrogens (primary N) is 1. The van der Waals surface area contributed by atoms with Crippen LogP contribution in [0.1, 0.15) is 9.67 Å². The summed E-state index contributed by atoms with van der Waals surface area (Å²) in [5, 5.41) is 0. The second kappa shape index (κ2) is 3.34. The molecule has 0 spiro atoms. The van der Waals surface area contributed by atoms with Gasteiger partial charge in [-0.15, -0.1) is 11.3 Å². The van der Waals surface area contributed by atoms with Crippen molar-refractivity contribution in [3.63, 3.8) is 0 Å². The molecular weight excluding hydrogens is 242 g/mol. The van der Waals surface area contributed by atoms with Crippen molar-refractivity contribution in [3.05, 3.63) is 13.7 Å². The first-order valence-electron chi connectivity index (χ1n) is 3.53. The molecule has 74 valence electrons. The molecular formula is C7H5NO3S3. The minimum absolute atomic E-state index is 0.00522. The number of rotatable bonds is 1. The van der Waals surface area contributed by atoms with E-state index < -0.39 is 5.97 Å². The van der Waals surface area contributed by atoms with Crippen LogP contribution >= 0.6 is 34.0 Å². The fraction of sp³-hybridized carbons (Fsp3) is 0.143. The van der Waals surface area contributed by atoms with Crippen LogP contribution in [-0.2, 0) is 4.74 Å². The number of ether oxygens (including phenoxy) is 1. The van der Waals surface area contributed by atoms with Gasteiger partial charge in [0.05, 0.1) is 17.5 Å². The molecule has 0 atom stereocenters. The second-order valence-corrected chi connectivity index (χ2v) is 5.91. The van der Waals surface area contributed by atoms with Gasteiger partial charge in [0, 0.05) is 0 Å². The molecule has 2 rings (SSSR count). The highest BCUT2D eigenvalue weighted by molar-refractivity contribution is 7.47. The largest absolute Gasteiger partial charge is 0.465 e. The van der Waals surface area contributed by atoms with E-state index in [1.807, 2.05) is 0 Å². The zero-order valence-corrected chi connectivity index (χ0v) is 9.48. The lowest BCUT2D eigenvalue weighted by Gasteiger charge is -1.94. The molecule has 0 amide bonds. The van der Waals surface area contributed by atoms with E-state index in [2.05, 4.69) is 4.74 Å². The standard InChI is InChI=1S/C7H5NO3S3/c1-11-5(9)3-2(8)4-6(12-3)14-7(10)13-4/h8H2,1H3. The highest BCUT2D eigenvalue weighted by Gasteiger charge is 2.19. The van der Waals surface area contributed by atoms with Gasteiger partial charge >= 0.3 is 5.97 Å². The van der Waals surface area contributed by atoms with Gasteiger partial charge < -0.3 is 10.5 Å². The first-order valence-corrected chi connectivity index (χ1v) is 5.98. The maximum Gasteiger partial charge on any atom is 0.350 e. The molecule has 0 bridgehead atoms. The summed E-state index contributed by atoms with van der Waals surface area (Å²) in [6.07, 6.45) is 0. The van der Waals surface area contributed by atoms with Gasteiger partial charge in [0.1, 0.15) is 8.89 Å². The molecule has 14 heavy (non-hydrogen) atoms. The highest BCUT2D eigenvalue weighted by atomic mass is 32.2. The summed E-state index contributed by atoms with van der Waals surface area (Å²) < 4.78 is 6.05. The molecule has 0 aliphatic heterocycles. The molecule has 0 saturated heterocycles. The number of thiophene rings is 1. The third-order valence-electron chi connectivity index (χ3n) is 1.60. The van der Waals surface area contributed by atoms with Crippen LogP contribution in [0.5, 0.6) is 0 Å². The van der Waals surface area contributed by atoms with Crippen LogP contribution in [0.2, 0.25) is 0 Å². The number of esters is 1. The van der Waals surface area contributed by atoms with Gasteiger partial charge in [0.25, 0.3) is 4.06 Å². The van der Waals surface area contributed by atoms with E-state index in [0.29, 0.717) is 15.3 Å². The smallest absolute Gasteiger partial charge is 0.350 e. The van der Waals surface area contributed by atoms with E-state index in [4.69, 9.17) is 5.73 Å². The maximum absolute atomic E-state index is 11.2. The molecule has 2 N–H and O–H groups in total. The van der Waals surface area contributed by atoms with Crippen molar-refractivity contribution < 1.29 is 9.53 Å². The van der Waals surface area contributed by atoms with Crippen molar-refractivity contribution in [1.82, 2.24) is 0 Å². The SMILES string of the molecule is COC(=O)c1sc2sc(=O)sc2c1N. The van der Waals surface area contributed by atoms with Crippen LogP contribution in [0.3, 0.4) is 0 Å². The van der Waals surface area contributed by atoms with Crippen molar-refractivity contribution in [2.45, 2.75) is 0 Å². The molecule has 2 heterocycles. The molecule has 0 saturated carbocycles. The second-order valence-electron chi connectivity index (χ2n) is 2.41. The number of hydrogen-bond acceptors (Lipinski definition) is 7. The van der Waals surface area contributed by atoms with Crippen molar-refractivity contribution >= 4 is 54.4 Å². The number of fused-ring (bicyclic) bond motifs is 1. The fourth-order valence-corrected chi connectivity index (χ4v) is 4.61. The molecule has 0 unspecified atom stereocenters. The van der Waals surface area contributed by atoms with Gasteiger partial charge in [0.2, 0.25) is 0 Å². The Balaban J connectivity index is 2.70. The lowest BCUT2D eigenvalue weighted by Crippen LogP contribution is -2.01. The van der Waals surface area contributed by atoms with Crippen LogP contribution in [0.25, 0.3) is 8.71 Å². The number of methoxy groups -OCH3 is 1. The Bertz CT molecular complexity index is 550. The topological polar surface area (TPSA) is 69.4 Å². The molecule has 7 heteroatoms. The molecule has 0 aliphatic carbocycles. The summed E-state index contributed by atoms with van der Waals surface area (Å²) in [4.78, 5) is 22.6. The van der Waals surface area contributed by atoms with E-state index in [1.165, 1.54) is 18.4 Å². The van der Waals surface area contributed by atoms with Gasteiger partial charge in [0.15, 0.2) is 0 Å². The highest BCUT2D eigenvalue weighted by Crippen LogP contribution is 2.38. The number of anilines is 1. The van der Waals surface area contributed by atoms with Gasteiger partial charge in [-0.3, -0.25) is 4.79 Å². The van der Waals surface area contributed by atoms with E-state index in [0.717, 1.165) is 26.7 Å². The van der Waals surface area contributed by atoms with Crippen LogP contribution in [0, 0.1) is 0 Å². The number of carbonyl (C=O) groups excluding carboxylic acids is 1. The lowest BCUT2D eigenvalue weighted by atomic mass is 10.4. The average molecular weight is 247 g/mol. The predicted molar refractivity (Wildman–Crippen MR) is 59.6 cm³/mol. The van der Waals surface area contributed by atoms with E-state index >= 15 is 0 Å². The zero-order valence-electron chi connectivity index (χ0n) is 7.03. The molecule has 0 fully saturated rings. The van der Waals surface area contributed by atoms with Crippen molar-refractivity contribution in [1.29, 1.82) is 0 Å². The third kappa shape index (κ3) is 1.33. The Kier molecular flexibility index (Phi) is 2.30. The molecule has 2 aromatic rings. The van der Waals surface area contributed by atoms with E-state index in [1.54, 1.807) is 0 Å². The van der Waals surface area contributed by atoms with Crippen molar-refractivity contribution in [2.75, 3.05) is 12.8 Å². The van der Waals surface area contributed by atoms with Crippen LogP contribution < -0.4 is 9.79 Å². The van der Waals surface area contributed by atoms with Crippen LogP contribution in [0.4, 0.5) is 5.69 Å². The van der Waals surface area contributed by atoms with Gasteiger partial charge in [-0.2, -0.15) is 0 Å². The van der Waals surface area contributed by atoms with E-state index in [-0.39, 0.29) is 4.06 Å². The Morgan fingerprint density at radius 1 is 1.36 bits per heavy atom. The van der Waals surface area contributed by atoms with Gasteiger partial charge in [-0.1, -0.05) is 22.7 Å². The lowest BCUT2D eigenvalue weighted by molar-refractivity contribution is 0.0607. The molecule has 2 aromatic heterocycles. The number of nitrogen functional groups attached to an aromatic ring is 1. The number of carbonyl (C=O) groups is 1. The van der Waals surface area contributed by atoms with Crippen LogP contribution in [-0.4, -0.2) is 13.1 Å². The Morgan fingerprint density at radius 2 is 2.07 bits per heavy atom. The Hall–Kier alpha value is -0.920. The molecule has 0 aromatic carbocycles. The quantitative estimate of drug-likeness (QED) is 0.779. The van der Waals surface area contributed by atoms with Crippen molar-refractivity contribution in [2.24, 2.45) is 0 Å². The molecule has 4 nitrogen and oxygen atoms in total. The van der Waals surface area contributed by atoms with Gasteiger partial charge in [-0.25, -0.2) is 4.79 Å². The maximum atomic E-state index is 11.2. The summed E-state index contributed by atoms with van der Waals surface area (Å²) in [6, 6.07) is 0. The summed E-state index contributed by atoms with van der Waals surface area (Å²) >= 11 is 3.38. The third-order valence-corrected chi connectivity index (χ3v) is 5.19. The zero-order chi connectivity index (χ0) is 10.3. The minimum Gasteiger partial charge on any atom is -0.465 e. The Morgan fingerprint density at radius 3 is 2.64 bits per heavy atom. The van der Waals surface area contributed by atoms with E-state index in [9.17, 15) is 9.59 Å². The summed E-state index contributed by atoms with van der Waals surface area (Å²) in [7, 11) is 1.30. The fourth-order valence-electron chi connectivity index (χ4n) is 0.995. The molecule has 0 radical (unpaired) electrons. The normalized spacial score (nSPS) is 10.6. The first kappa shape index (κ1) is 9.63. The predicted octanol–water partition coefficient (Wildman–Crippen LogP) is 1.75. The minimum atomic E-state index is -0.449. The van der Waals surface area contributed by atoms with Gasteiger partial charge in [-0.05, 0) is 0 Å². The Labute approximate surface area is 90.6 Å². The summed E-state index contributed by atoms with van der Waals surface area (Å²) in [6.45, 7) is 0. The first-order chi connectivity index (χ1) is 6.63. The number of hydrogen-bond donors (Lipinski definition) is 1. The van der Waals surface area contributed by atoms with Crippen LogP contribution in [0.15, 0.2) is 4.79 Å². The molecule has 0 aliphatic rings. The monoisotopic (exact) mass is 247 g/mol. The average Bonchev–Trinajstić information content (AvgIpc) is 2.64. The van der Waals surface area contributed by atoms with Crippen molar-refractivity contribution in [3.8, 4) is 0 Å². The summed E-state index contributed by atoms with van der Waals surface area (Å²) in [5.74, 6) is -0.449. The summed E-state index contributed by atoms with van der Waals surface area (Å²) in [5.41, 5.74) is 6.08.